The van der Waals surface area contributed by atoms with Crippen LogP contribution in [0.2, 0.25) is 5.02 Å². The van der Waals surface area contributed by atoms with Gasteiger partial charge in [0, 0.05) is 23.8 Å². The van der Waals surface area contributed by atoms with Gasteiger partial charge in [-0.15, -0.1) is 10.2 Å². The second-order valence-corrected chi connectivity index (χ2v) is 8.54. The Labute approximate surface area is 174 Å². The van der Waals surface area contributed by atoms with Gasteiger partial charge in [0.05, 0.1) is 16.7 Å². The van der Waals surface area contributed by atoms with E-state index in [0.717, 1.165) is 35.0 Å². The molecule has 0 unspecified atom stereocenters. The van der Waals surface area contributed by atoms with E-state index < -0.39 is 0 Å². The summed E-state index contributed by atoms with van der Waals surface area (Å²) in [6.07, 6.45) is 2.58. The molecule has 0 aliphatic carbocycles. The Hall–Kier alpha value is -2.57. The van der Waals surface area contributed by atoms with Crippen LogP contribution in [0.5, 0.6) is 0 Å². The second-order valence-electron chi connectivity index (χ2n) is 8.10. The number of halogens is 1. The van der Waals surface area contributed by atoms with Crippen molar-refractivity contribution in [3.63, 3.8) is 0 Å². The highest BCUT2D eigenvalue weighted by Crippen LogP contribution is 2.28. The summed E-state index contributed by atoms with van der Waals surface area (Å²) in [5.41, 5.74) is 13.4. The van der Waals surface area contributed by atoms with Crippen molar-refractivity contribution in [1.82, 2.24) is 24.1 Å². The molecule has 1 aliphatic rings. The van der Waals surface area contributed by atoms with E-state index in [1.807, 2.05) is 17.4 Å². The molecule has 0 saturated carbocycles. The van der Waals surface area contributed by atoms with E-state index in [1.54, 1.807) is 0 Å². The van der Waals surface area contributed by atoms with E-state index in [1.165, 1.54) is 42.8 Å². The summed E-state index contributed by atoms with van der Waals surface area (Å²) in [6, 6.07) is 10.6. The minimum atomic E-state index is 0.637. The number of anilines is 1. The number of likely N-dealkylation sites (tertiary alicyclic amines) is 1. The predicted molar refractivity (Wildman–Crippen MR) is 117 cm³/mol. The normalized spacial score (nSPS) is 15.1. The predicted octanol–water partition coefficient (Wildman–Crippen LogP) is 4.18. The lowest BCUT2D eigenvalue weighted by Crippen LogP contribution is -2.18. The summed E-state index contributed by atoms with van der Waals surface area (Å²) in [5.74, 6) is 0.838. The lowest BCUT2D eigenvalue weighted by molar-refractivity contribution is 0.331. The summed E-state index contributed by atoms with van der Waals surface area (Å²) in [6.45, 7) is 8.14. The van der Waals surface area contributed by atoms with Crippen LogP contribution >= 0.6 is 11.6 Å². The minimum Gasteiger partial charge on any atom is -0.396 e. The lowest BCUT2D eigenvalue weighted by Gasteiger charge is -2.16. The van der Waals surface area contributed by atoms with Crippen molar-refractivity contribution in [1.29, 1.82) is 0 Å². The van der Waals surface area contributed by atoms with Gasteiger partial charge in [-0.2, -0.15) is 0 Å². The van der Waals surface area contributed by atoms with Crippen molar-refractivity contribution in [2.75, 3.05) is 18.8 Å². The fraction of sp³-hybridized carbons (Fsp3) is 0.364. The van der Waals surface area contributed by atoms with Crippen LogP contribution in [0, 0.1) is 13.8 Å². The molecule has 3 aromatic heterocycles. The summed E-state index contributed by atoms with van der Waals surface area (Å²) < 4.78 is 4.32. The lowest BCUT2D eigenvalue weighted by atomic mass is 10.1. The Kier molecular flexibility index (Phi) is 4.48. The van der Waals surface area contributed by atoms with Gasteiger partial charge in [-0.1, -0.05) is 17.7 Å². The molecular formula is C22H25ClN6. The second kappa shape index (κ2) is 7.04. The molecule has 150 valence electrons. The van der Waals surface area contributed by atoms with Crippen molar-refractivity contribution >= 4 is 34.0 Å². The summed E-state index contributed by atoms with van der Waals surface area (Å²) in [4.78, 5) is 2.50. The molecule has 0 spiro atoms. The van der Waals surface area contributed by atoms with Crippen LogP contribution in [0.15, 0.2) is 30.3 Å². The molecule has 0 atom stereocenters. The molecule has 2 N–H and O–H groups in total. The van der Waals surface area contributed by atoms with Crippen LogP contribution in [0.4, 0.5) is 5.69 Å². The van der Waals surface area contributed by atoms with E-state index in [2.05, 4.69) is 50.9 Å². The molecule has 1 fully saturated rings. The fourth-order valence-corrected chi connectivity index (χ4v) is 4.83. The van der Waals surface area contributed by atoms with Crippen molar-refractivity contribution in [2.45, 2.75) is 39.8 Å². The Bertz CT molecular complexity index is 1220. The number of pyridine rings is 1. The Morgan fingerprint density at radius 3 is 2.41 bits per heavy atom. The molecule has 1 aliphatic heterocycles. The van der Waals surface area contributed by atoms with Crippen molar-refractivity contribution in [3.05, 3.63) is 58.0 Å². The zero-order chi connectivity index (χ0) is 20.1. The number of nitrogens with two attached hydrogens (primary N) is 1. The van der Waals surface area contributed by atoms with Gasteiger partial charge in [-0.3, -0.25) is 9.30 Å². The van der Waals surface area contributed by atoms with E-state index >= 15 is 0 Å². The van der Waals surface area contributed by atoms with Crippen LogP contribution in [-0.4, -0.2) is 37.2 Å². The van der Waals surface area contributed by atoms with Gasteiger partial charge in [-0.05, 0) is 75.2 Å². The number of rotatable bonds is 4. The maximum Gasteiger partial charge on any atom is 0.184 e. The highest BCUT2D eigenvalue weighted by atomic mass is 35.5. The number of nitrogens with zero attached hydrogens (tertiary/aromatic N) is 5. The van der Waals surface area contributed by atoms with Crippen LogP contribution in [0.3, 0.4) is 0 Å². The number of aryl methyl sites for hydroxylation is 2. The van der Waals surface area contributed by atoms with Gasteiger partial charge in [-0.25, -0.2) is 0 Å². The number of benzene rings is 1. The molecular weight excluding hydrogens is 384 g/mol. The largest absolute Gasteiger partial charge is 0.396 e. The molecule has 4 heterocycles. The Morgan fingerprint density at radius 2 is 1.66 bits per heavy atom. The van der Waals surface area contributed by atoms with Gasteiger partial charge in [0.25, 0.3) is 0 Å². The quantitative estimate of drug-likeness (QED) is 0.550. The van der Waals surface area contributed by atoms with Gasteiger partial charge >= 0.3 is 0 Å². The average Bonchev–Trinajstić information content (AvgIpc) is 3.37. The molecule has 0 radical (unpaired) electrons. The number of fused-ring (bicyclic) bond motifs is 3. The first-order chi connectivity index (χ1) is 14.0. The maximum atomic E-state index is 6.47. The minimum absolute atomic E-state index is 0.637. The van der Waals surface area contributed by atoms with Gasteiger partial charge in [0.15, 0.2) is 5.65 Å². The SMILES string of the molecule is Cc1cc2c(cc(N)c3nnc(C)n32)n1Cc1cc(Cl)cc(CN2CCCC2)c1. The summed E-state index contributed by atoms with van der Waals surface area (Å²) in [7, 11) is 0. The Morgan fingerprint density at radius 1 is 0.931 bits per heavy atom. The molecule has 29 heavy (non-hydrogen) atoms. The first kappa shape index (κ1) is 18.5. The summed E-state index contributed by atoms with van der Waals surface area (Å²) >= 11 is 6.47. The zero-order valence-corrected chi connectivity index (χ0v) is 17.6. The molecule has 0 bridgehead atoms. The number of hydrogen-bond acceptors (Lipinski definition) is 4. The average molecular weight is 409 g/mol. The monoisotopic (exact) mass is 408 g/mol. The first-order valence-electron chi connectivity index (χ1n) is 10.1. The molecule has 0 amide bonds. The highest BCUT2D eigenvalue weighted by molar-refractivity contribution is 6.30. The third kappa shape index (κ3) is 3.26. The highest BCUT2D eigenvalue weighted by Gasteiger charge is 2.16. The van der Waals surface area contributed by atoms with Gasteiger partial charge in [0.1, 0.15) is 5.82 Å². The zero-order valence-electron chi connectivity index (χ0n) is 16.8. The molecule has 4 aromatic rings. The molecule has 7 heteroatoms. The van der Waals surface area contributed by atoms with E-state index in [0.29, 0.717) is 11.3 Å². The van der Waals surface area contributed by atoms with E-state index in [4.69, 9.17) is 17.3 Å². The van der Waals surface area contributed by atoms with Gasteiger partial charge in [0.2, 0.25) is 0 Å². The standard InChI is InChI=1S/C22H25ClN6/c1-14-7-21-20(11-19(24)22-26-25-15(2)29(21)22)28(14)13-17-8-16(9-18(23)10-17)12-27-5-3-4-6-27/h7-11H,3-6,12-13,24H2,1-2H3. The maximum absolute atomic E-state index is 6.47. The van der Waals surface area contributed by atoms with Crippen molar-refractivity contribution in [2.24, 2.45) is 0 Å². The molecule has 6 nitrogen and oxygen atoms in total. The number of hydrogen-bond donors (Lipinski definition) is 1. The van der Waals surface area contributed by atoms with E-state index in [9.17, 15) is 0 Å². The molecule has 1 aromatic carbocycles. The van der Waals surface area contributed by atoms with Crippen LogP contribution in [0.1, 0.15) is 35.5 Å². The van der Waals surface area contributed by atoms with Gasteiger partial charge < -0.3 is 10.3 Å². The van der Waals surface area contributed by atoms with E-state index in [-0.39, 0.29) is 0 Å². The molecule has 5 rings (SSSR count). The summed E-state index contributed by atoms with van der Waals surface area (Å²) in [5, 5.41) is 9.22. The number of nitrogen functional groups attached to an aromatic ring is 1. The Balaban J connectivity index is 1.56. The van der Waals surface area contributed by atoms with Crippen LogP contribution in [0.25, 0.3) is 16.7 Å². The van der Waals surface area contributed by atoms with Crippen LogP contribution in [-0.2, 0) is 13.1 Å². The first-order valence-corrected chi connectivity index (χ1v) is 10.5. The van der Waals surface area contributed by atoms with Crippen molar-refractivity contribution in [3.8, 4) is 0 Å². The topological polar surface area (TPSA) is 64.4 Å². The fourth-order valence-electron chi connectivity index (χ4n) is 4.55. The van der Waals surface area contributed by atoms with Crippen molar-refractivity contribution < 1.29 is 0 Å². The van der Waals surface area contributed by atoms with Crippen LogP contribution < -0.4 is 5.73 Å². The third-order valence-corrected chi connectivity index (χ3v) is 6.12. The third-order valence-electron chi connectivity index (χ3n) is 5.90. The smallest absolute Gasteiger partial charge is 0.184 e. The molecule has 1 saturated heterocycles. The number of aromatic nitrogens is 4.